The summed E-state index contributed by atoms with van der Waals surface area (Å²) in [4.78, 5) is 17.4. The lowest BCUT2D eigenvalue weighted by Crippen LogP contribution is -2.38. The maximum Gasteiger partial charge on any atom is 0.161 e. The van der Waals surface area contributed by atoms with Crippen LogP contribution in [0.1, 0.15) is 50.2 Å². The molecule has 0 saturated carbocycles. The van der Waals surface area contributed by atoms with E-state index < -0.39 is 5.92 Å². The molecule has 2 aromatic rings. The molecule has 2 aliphatic rings. The van der Waals surface area contributed by atoms with Gasteiger partial charge in [-0.15, -0.1) is 0 Å². The van der Waals surface area contributed by atoms with E-state index in [0.717, 1.165) is 59.7 Å². The Morgan fingerprint density at radius 1 is 1.12 bits per heavy atom. The van der Waals surface area contributed by atoms with Crippen LogP contribution in [0.2, 0.25) is 0 Å². The molecule has 1 heterocycles. The molecule has 4 rings (SSSR count). The number of rotatable bonds is 5. The number of carbonyl (C=O) groups excluding carboxylic acids is 1. The summed E-state index contributed by atoms with van der Waals surface area (Å²) in [6.45, 7) is 8.14. The van der Waals surface area contributed by atoms with Gasteiger partial charge in [0.2, 0.25) is 0 Å². The lowest BCUT2D eigenvalue weighted by atomic mass is 9.75. The molecule has 0 saturated heterocycles. The van der Waals surface area contributed by atoms with Gasteiger partial charge in [-0.2, -0.15) is 5.26 Å². The van der Waals surface area contributed by atoms with Crippen LogP contribution < -0.4 is 15.5 Å². The minimum absolute atomic E-state index is 0.113. The number of aryl methyl sites for hydroxylation is 1. The number of Topliss-reactive ketones (excluding diaryl/α,β-unsaturated/α-hetero) is 1. The van der Waals surface area contributed by atoms with Crippen LogP contribution in [0.25, 0.3) is 0 Å². The third-order valence-corrected chi connectivity index (χ3v) is 6.53. The molecule has 1 unspecified atom stereocenters. The Labute approximate surface area is 190 Å². The van der Waals surface area contributed by atoms with Gasteiger partial charge in [-0.3, -0.25) is 9.69 Å². The van der Waals surface area contributed by atoms with E-state index in [1.807, 2.05) is 48.2 Å². The Morgan fingerprint density at radius 3 is 2.47 bits per heavy atom. The first-order valence-electron chi connectivity index (χ1n) is 11.4. The first kappa shape index (κ1) is 21.7. The van der Waals surface area contributed by atoms with Gasteiger partial charge in [-0.1, -0.05) is 24.3 Å². The fourth-order valence-electron chi connectivity index (χ4n) is 4.95. The molecule has 1 aliphatic heterocycles. The molecule has 0 fully saturated rings. The monoisotopic (exact) mass is 426 g/mol. The quantitative estimate of drug-likeness (QED) is 0.716. The third kappa shape index (κ3) is 3.67. The van der Waals surface area contributed by atoms with Crippen molar-refractivity contribution in [3.05, 3.63) is 82.3 Å². The molecule has 164 valence electrons. The van der Waals surface area contributed by atoms with Gasteiger partial charge >= 0.3 is 0 Å². The standard InChI is InChI=1S/C27H30N4O/c1-4-30(5-2)20-14-12-19(13-15-20)25-22(17-28)27(29)31(21-9-6-8-18(3)16-21)23-10-7-11-24(32)26(23)25/h6,8-9,12-16,25H,4-5,7,10-11,29H2,1-3H3. The van der Waals surface area contributed by atoms with Gasteiger partial charge in [-0.05, 0) is 69.0 Å². The maximum atomic E-state index is 13.2. The van der Waals surface area contributed by atoms with Crippen LogP contribution in [0, 0.1) is 18.3 Å². The second-order valence-corrected chi connectivity index (χ2v) is 8.42. The highest BCUT2D eigenvalue weighted by molar-refractivity contribution is 6.01. The number of nitriles is 1. The van der Waals surface area contributed by atoms with Crippen molar-refractivity contribution in [3.63, 3.8) is 0 Å². The average molecular weight is 427 g/mol. The zero-order chi connectivity index (χ0) is 22.8. The van der Waals surface area contributed by atoms with Crippen molar-refractivity contribution in [2.24, 2.45) is 5.73 Å². The summed E-state index contributed by atoms with van der Waals surface area (Å²) in [5, 5.41) is 10.2. The van der Waals surface area contributed by atoms with Crippen molar-refractivity contribution < 1.29 is 4.79 Å². The highest BCUT2D eigenvalue weighted by Crippen LogP contribution is 2.46. The van der Waals surface area contributed by atoms with Crippen LogP contribution in [0.3, 0.4) is 0 Å². The molecule has 0 amide bonds. The van der Waals surface area contributed by atoms with E-state index in [0.29, 0.717) is 17.8 Å². The summed E-state index contributed by atoms with van der Waals surface area (Å²) >= 11 is 0. The molecule has 1 aliphatic carbocycles. The predicted octanol–water partition coefficient (Wildman–Crippen LogP) is 5.15. The Balaban J connectivity index is 1.87. The molecule has 0 spiro atoms. The molecular formula is C27H30N4O. The van der Waals surface area contributed by atoms with E-state index in [2.05, 4.69) is 36.9 Å². The van der Waals surface area contributed by atoms with Crippen molar-refractivity contribution in [3.8, 4) is 6.07 Å². The smallest absolute Gasteiger partial charge is 0.161 e. The van der Waals surface area contributed by atoms with E-state index >= 15 is 0 Å². The van der Waals surface area contributed by atoms with E-state index in [-0.39, 0.29) is 5.78 Å². The lowest BCUT2D eigenvalue weighted by molar-refractivity contribution is -0.116. The van der Waals surface area contributed by atoms with Crippen molar-refractivity contribution in [2.75, 3.05) is 22.9 Å². The second kappa shape index (κ2) is 8.92. The van der Waals surface area contributed by atoms with Gasteiger partial charge in [0, 0.05) is 42.2 Å². The van der Waals surface area contributed by atoms with Crippen molar-refractivity contribution in [1.82, 2.24) is 0 Å². The van der Waals surface area contributed by atoms with Crippen LogP contribution in [-0.4, -0.2) is 18.9 Å². The summed E-state index contributed by atoms with van der Waals surface area (Å²) in [7, 11) is 0. The number of hydrogen-bond acceptors (Lipinski definition) is 5. The van der Waals surface area contributed by atoms with Crippen LogP contribution in [-0.2, 0) is 4.79 Å². The number of anilines is 2. The number of nitrogens with two attached hydrogens (primary N) is 1. The Hall–Kier alpha value is -3.52. The van der Waals surface area contributed by atoms with Crippen LogP contribution >= 0.6 is 0 Å². The summed E-state index contributed by atoms with van der Waals surface area (Å²) in [5.41, 5.74) is 12.8. The minimum atomic E-state index is -0.422. The SMILES string of the molecule is CCN(CC)c1ccc(C2C(C#N)=C(N)N(c3cccc(C)c3)C3=C2C(=O)CCC3)cc1. The first-order valence-corrected chi connectivity index (χ1v) is 11.4. The molecule has 2 N–H and O–H groups in total. The molecule has 1 atom stereocenters. The molecular weight excluding hydrogens is 396 g/mol. The fraction of sp³-hybridized carbons (Fsp3) is 0.333. The lowest BCUT2D eigenvalue weighted by Gasteiger charge is -2.39. The number of nitrogens with zero attached hydrogens (tertiary/aromatic N) is 3. The minimum Gasteiger partial charge on any atom is -0.384 e. The Bertz CT molecular complexity index is 1130. The van der Waals surface area contributed by atoms with E-state index in [4.69, 9.17) is 5.73 Å². The normalized spacial score (nSPS) is 18.5. The zero-order valence-corrected chi connectivity index (χ0v) is 19.1. The molecule has 0 bridgehead atoms. The van der Waals surface area contributed by atoms with Gasteiger partial charge in [0.15, 0.2) is 5.78 Å². The van der Waals surface area contributed by atoms with Crippen molar-refractivity contribution in [2.45, 2.75) is 46.0 Å². The molecule has 5 nitrogen and oxygen atoms in total. The summed E-state index contributed by atoms with van der Waals surface area (Å²) < 4.78 is 0. The third-order valence-electron chi connectivity index (χ3n) is 6.53. The summed E-state index contributed by atoms with van der Waals surface area (Å²) in [6.07, 6.45) is 2.07. The zero-order valence-electron chi connectivity index (χ0n) is 19.1. The Kier molecular flexibility index (Phi) is 6.05. The van der Waals surface area contributed by atoms with Gasteiger partial charge in [-0.25, -0.2) is 0 Å². The van der Waals surface area contributed by atoms with Crippen molar-refractivity contribution in [1.29, 1.82) is 5.26 Å². The van der Waals surface area contributed by atoms with Gasteiger partial charge < -0.3 is 10.6 Å². The number of allylic oxidation sites excluding steroid dienone is 3. The number of benzene rings is 2. The van der Waals surface area contributed by atoms with Crippen LogP contribution in [0.4, 0.5) is 11.4 Å². The predicted molar refractivity (Wildman–Crippen MR) is 129 cm³/mol. The number of carbonyl (C=O) groups is 1. The topological polar surface area (TPSA) is 73.4 Å². The first-order chi connectivity index (χ1) is 15.5. The molecule has 32 heavy (non-hydrogen) atoms. The van der Waals surface area contributed by atoms with Gasteiger partial charge in [0.1, 0.15) is 5.82 Å². The van der Waals surface area contributed by atoms with Gasteiger partial charge in [0.25, 0.3) is 0 Å². The van der Waals surface area contributed by atoms with E-state index in [1.54, 1.807) is 0 Å². The van der Waals surface area contributed by atoms with E-state index in [9.17, 15) is 10.1 Å². The van der Waals surface area contributed by atoms with Gasteiger partial charge in [0.05, 0.1) is 17.6 Å². The highest BCUT2D eigenvalue weighted by atomic mass is 16.1. The molecule has 0 radical (unpaired) electrons. The summed E-state index contributed by atoms with van der Waals surface area (Å²) in [5.74, 6) is 0.112. The number of ketones is 1. The molecule has 0 aromatic heterocycles. The van der Waals surface area contributed by atoms with Crippen LogP contribution in [0.5, 0.6) is 0 Å². The highest BCUT2D eigenvalue weighted by Gasteiger charge is 2.40. The van der Waals surface area contributed by atoms with E-state index in [1.165, 1.54) is 0 Å². The van der Waals surface area contributed by atoms with Crippen LogP contribution in [0.15, 0.2) is 71.2 Å². The van der Waals surface area contributed by atoms with Crippen molar-refractivity contribution >= 4 is 17.2 Å². The Morgan fingerprint density at radius 2 is 1.84 bits per heavy atom. The maximum absolute atomic E-state index is 13.2. The largest absolute Gasteiger partial charge is 0.384 e. The average Bonchev–Trinajstić information content (AvgIpc) is 2.80. The fourth-order valence-corrected chi connectivity index (χ4v) is 4.95. The number of hydrogen-bond donors (Lipinski definition) is 1. The second-order valence-electron chi connectivity index (χ2n) is 8.42. The molecule has 2 aromatic carbocycles. The molecule has 5 heteroatoms. The summed E-state index contributed by atoms with van der Waals surface area (Å²) in [6, 6.07) is 18.6.